The van der Waals surface area contributed by atoms with E-state index in [2.05, 4.69) is 19.2 Å². The second-order valence-corrected chi connectivity index (χ2v) is 6.45. The first-order chi connectivity index (χ1) is 7.74. The highest BCUT2D eigenvalue weighted by atomic mass is 15.0. The monoisotopic (exact) mass is 223 g/mol. The van der Waals surface area contributed by atoms with Crippen LogP contribution in [0.25, 0.3) is 0 Å². The topological polar surface area (TPSA) is 12.0 Å². The molecule has 0 aromatic rings. The maximum atomic E-state index is 3.95. The van der Waals surface area contributed by atoms with Crippen LogP contribution in [-0.2, 0) is 0 Å². The molecule has 1 N–H and O–H groups in total. The van der Waals surface area contributed by atoms with Gasteiger partial charge < -0.3 is 5.32 Å². The largest absolute Gasteiger partial charge is 0.311 e. The zero-order valence-corrected chi connectivity index (χ0v) is 11.2. The van der Waals surface area contributed by atoms with Gasteiger partial charge in [0.2, 0.25) is 0 Å². The molecule has 0 radical (unpaired) electrons. The second kappa shape index (κ2) is 6.05. The molecule has 0 heterocycles. The second-order valence-electron chi connectivity index (χ2n) is 6.45. The molecule has 2 rings (SSSR count). The molecular weight excluding hydrogens is 194 g/mol. The normalized spacial score (nSPS) is 41.6. The minimum atomic E-state index is 0.834. The lowest BCUT2D eigenvalue weighted by atomic mass is 9.86. The minimum absolute atomic E-state index is 0.834. The fourth-order valence-electron chi connectivity index (χ4n) is 3.57. The smallest absolute Gasteiger partial charge is 0.00721 e. The first-order valence-corrected chi connectivity index (χ1v) is 7.50. The molecule has 2 aliphatic rings. The van der Waals surface area contributed by atoms with Crippen molar-refractivity contribution in [2.45, 2.75) is 83.7 Å². The van der Waals surface area contributed by atoms with Gasteiger partial charge in [-0.3, -0.25) is 0 Å². The van der Waals surface area contributed by atoms with E-state index in [0.29, 0.717) is 0 Å². The standard InChI is InChI=1S/C15H29N/c1-12-5-3-7-14(10-9-12)16-15-8-4-6-13(2)11-15/h12-16H,3-11H2,1-2H3. The SMILES string of the molecule is CC1CCCC(NC2CCCC(C)C2)CC1. The quantitative estimate of drug-likeness (QED) is 0.694. The Morgan fingerprint density at radius 3 is 2.19 bits per heavy atom. The van der Waals surface area contributed by atoms with E-state index in [-0.39, 0.29) is 0 Å². The molecule has 2 fully saturated rings. The Kier molecular flexibility index (Phi) is 4.69. The molecule has 1 nitrogen and oxygen atoms in total. The molecule has 0 amide bonds. The summed E-state index contributed by atoms with van der Waals surface area (Å²) in [6, 6.07) is 1.67. The Hall–Kier alpha value is -0.0400. The van der Waals surface area contributed by atoms with Gasteiger partial charge in [-0.05, 0) is 43.9 Å². The molecule has 0 spiro atoms. The summed E-state index contributed by atoms with van der Waals surface area (Å²) in [5, 5.41) is 3.95. The van der Waals surface area contributed by atoms with Crippen LogP contribution in [0.1, 0.15) is 71.6 Å². The number of hydrogen-bond acceptors (Lipinski definition) is 1. The van der Waals surface area contributed by atoms with Crippen LogP contribution < -0.4 is 5.32 Å². The molecule has 1 heteroatoms. The van der Waals surface area contributed by atoms with Crippen LogP contribution in [0.15, 0.2) is 0 Å². The summed E-state index contributed by atoms with van der Waals surface area (Å²) in [6.07, 6.45) is 13.0. The number of rotatable bonds is 2. The van der Waals surface area contributed by atoms with Crippen molar-refractivity contribution in [1.29, 1.82) is 0 Å². The van der Waals surface area contributed by atoms with E-state index in [1.807, 2.05) is 0 Å². The highest BCUT2D eigenvalue weighted by Gasteiger charge is 2.23. The molecule has 0 aromatic carbocycles. The van der Waals surface area contributed by atoms with Gasteiger partial charge >= 0.3 is 0 Å². The lowest BCUT2D eigenvalue weighted by Crippen LogP contribution is -2.40. The predicted molar refractivity (Wildman–Crippen MR) is 70.6 cm³/mol. The van der Waals surface area contributed by atoms with Crippen LogP contribution >= 0.6 is 0 Å². The van der Waals surface area contributed by atoms with Gasteiger partial charge in [-0.2, -0.15) is 0 Å². The molecule has 4 unspecified atom stereocenters. The average molecular weight is 223 g/mol. The lowest BCUT2D eigenvalue weighted by molar-refractivity contribution is 0.270. The molecular formula is C15H29N. The van der Waals surface area contributed by atoms with Crippen molar-refractivity contribution in [1.82, 2.24) is 5.32 Å². The van der Waals surface area contributed by atoms with Gasteiger partial charge in [0.05, 0.1) is 0 Å². The van der Waals surface area contributed by atoms with Crippen LogP contribution in [-0.4, -0.2) is 12.1 Å². The molecule has 0 aromatic heterocycles. The number of nitrogens with one attached hydrogen (secondary N) is 1. The van der Waals surface area contributed by atoms with E-state index < -0.39 is 0 Å². The highest BCUT2D eigenvalue weighted by molar-refractivity contribution is 4.81. The minimum Gasteiger partial charge on any atom is -0.311 e. The van der Waals surface area contributed by atoms with Gasteiger partial charge in [0.15, 0.2) is 0 Å². The van der Waals surface area contributed by atoms with Gasteiger partial charge in [-0.25, -0.2) is 0 Å². The van der Waals surface area contributed by atoms with E-state index in [1.54, 1.807) is 0 Å². The van der Waals surface area contributed by atoms with Crippen LogP contribution in [0.5, 0.6) is 0 Å². The van der Waals surface area contributed by atoms with Gasteiger partial charge in [0.1, 0.15) is 0 Å². The Balaban J connectivity index is 1.75. The number of hydrogen-bond donors (Lipinski definition) is 1. The summed E-state index contributed by atoms with van der Waals surface area (Å²) in [5.41, 5.74) is 0. The van der Waals surface area contributed by atoms with Crippen LogP contribution in [0.2, 0.25) is 0 Å². The van der Waals surface area contributed by atoms with Gasteiger partial charge in [0.25, 0.3) is 0 Å². The van der Waals surface area contributed by atoms with Crippen molar-refractivity contribution in [2.75, 3.05) is 0 Å². The molecule has 94 valence electrons. The summed E-state index contributed by atoms with van der Waals surface area (Å²) in [7, 11) is 0. The third-order valence-electron chi connectivity index (χ3n) is 4.67. The Morgan fingerprint density at radius 2 is 1.38 bits per heavy atom. The molecule has 0 saturated heterocycles. The van der Waals surface area contributed by atoms with Crippen molar-refractivity contribution in [3.05, 3.63) is 0 Å². The van der Waals surface area contributed by atoms with Crippen molar-refractivity contribution < 1.29 is 0 Å². The van der Waals surface area contributed by atoms with Crippen molar-refractivity contribution >= 4 is 0 Å². The van der Waals surface area contributed by atoms with Crippen LogP contribution in [0.3, 0.4) is 0 Å². The molecule has 0 aliphatic heterocycles. The fraction of sp³-hybridized carbons (Fsp3) is 1.00. The highest BCUT2D eigenvalue weighted by Crippen LogP contribution is 2.27. The van der Waals surface area contributed by atoms with Gasteiger partial charge in [0, 0.05) is 12.1 Å². The molecule has 2 aliphatic carbocycles. The average Bonchev–Trinajstić information content (AvgIpc) is 2.44. The summed E-state index contributed by atoms with van der Waals surface area (Å²) in [5.74, 6) is 1.92. The van der Waals surface area contributed by atoms with Crippen molar-refractivity contribution in [2.24, 2.45) is 11.8 Å². The zero-order chi connectivity index (χ0) is 11.4. The van der Waals surface area contributed by atoms with Gasteiger partial charge in [-0.1, -0.05) is 39.5 Å². The van der Waals surface area contributed by atoms with E-state index in [0.717, 1.165) is 23.9 Å². The molecule has 16 heavy (non-hydrogen) atoms. The molecule has 2 saturated carbocycles. The summed E-state index contributed by atoms with van der Waals surface area (Å²) < 4.78 is 0. The van der Waals surface area contributed by atoms with Gasteiger partial charge in [-0.15, -0.1) is 0 Å². The molecule has 4 atom stereocenters. The summed E-state index contributed by atoms with van der Waals surface area (Å²) >= 11 is 0. The summed E-state index contributed by atoms with van der Waals surface area (Å²) in [6.45, 7) is 4.84. The van der Waals surface area contributed by atoms with E-state index in [9.17, 15) is 0 Å². The Bertz CT molecular complexity index is 202. The van der Waals surface area contributed by atoms with Crippen LogP contribution in [0.4, 0.5) is 0 Å². The maximum absolute atomic E-state index is 3.95. The first-order valence-electron chi connectivity index (χ1n) is 7.50. The van der Waals surface area contributed by atoms with Crippen molar-refractivity contribution in [3.63, 3.8) is 0 Å². The molecule has 0 bridgehead atoms. The zero-order valence-electron chi connectivity index (χ0n) is 11.2. The lowest BCUT2D eigenvalue weighted by Gasteiger charge is -2.31. The third kappa shape index (κ3) is 3.76. The summed E-state index contributed by atoms with van der Waals surface area (Å²) in [4.78, 5) is 0. The van der Waals surface area contributed by atoms with Crippen LogP contribution in [0, 0.1) is 11.8 Å². The van der Waals surface area contributed by atoms with Crippen molar-refractivity contribution in [3.8, 4) is 0 Å². The first kappa shape index (κ1) is 12.4. The predicted octanol–water partition coefficient (Wildman–Crippen LogP) is 4.12. The van der Waals surface area contributed by atoms with E-state index >= 15 is 0 Å². The van der Waals surface area contributed by atoms with E-state index in [4.69, 9.17) is 0 Å². The fourth-order valence-corrected chi connectivity index (χ4v) is 3.57. The maximum Gasteiger partial charge on any atom is 0.00721 e. The Labute approximate surface area is 101 Å². The Morgan fingerprint density at radius 1 is 0.688 bits per heavy atom. The third-order valence-corrected chi connectivity index (χ3v) is 4.67. The van der Waals surface area contributed by atoms with E-state index in [1.165, 1.54) is 57.8 Å².